The van der Waals surface area contributed by atoms with E-state index in [-0.39, 0.29) is 69.0 Å². The zero-order valence-electron chi connectivity index (χ0n) is 28.4. The molecule has 2 unspecified atom stereocenters. The smallest absolute Gasteiger partial charge is 0.319 e. The number of aromatic nitrogens is 2. The van der Waals surface area contributed by atoms with Gasteiger partial charge in [-0.1, -0.05) is 12.0 Å². The van der Waals surface area contributed by atoms with Crippen molar-refractivity contribution in [1.82, 2.24) is 20.2 Å². The summed E-state index contributed by atoms with van der Waals surface area (Å²) in [6, 6.07) is 7.79. The Hall–Kier alpha value is -4.34. The molecule has 0 radical (unpaired) electrons. The number of phenolic OH excluding ortho intramolecular Hbond substituents is 1. The number of phenols is 1. The van der Waals surface area contributed by atoms with Crippen LogP contribution in [0, 0.1) is 34.8 Å². The van der Waals surface area contributed by atoms with Crippen LogP contribution < -0.4 is 19.7 Å². The largest absolute Gasteiger partial charge is 0.508 e. The van der Waals surface area contributed by atoms with Crippen molar-refractivity contribution in [2.45, 2.75) is 63.0 Å². The number of methoxy groups -OCH3 is 1. The third kappa shape index (κ3) is 5.43. The number of nitrogens with one attached hydrogen (secondary N) is 1. The first-order valence-electron chi connectivity index (χ1n) is 17.8. The second kappa shape index (κ2) is 11.6. The zero-order valence-corrected chi connectivity index (χ0v) is 28.4. The summed E-state index contributed by atoms with van der Waals surface area (Å²) in [7, 11) is 1.42. The number of likely N-dealkylation sites (tertiary alicyclic amines) is 1. The summed E-state index contributed by atoms with van der Waals surface area (Å²) in [6.45, 7) is 3.69. The van der Waals surface area contributed by atoms with Crippen molar-refractivity contribution in [2.24, 2.45) is 10.8 Å². The summed E-state index contributed by atoms with van der Waals surface area (Å²) in [4.78, 5) is 14.0. The van der Waals surface area contributed by atoms with E-state index in [0.717, 1.165) is 32.2 Å². The molecule has 3 aromatic carbocycles. The molecule has 5 aliphatic rings. The van der Waals surface area contributed by atoms with Gasteiger partial charge in [-0.05, 0) is 81.3 Å². The average molecular weight is 702 g/mol. The molecule has 5 fully saturated rings. The van der Waals surface area contributed by atoms with Crippen molar-refractivity contribution in [3.63, 3.8) is 0 Å². The molecule has 0 amide bonds. The van der Waals surface area contributed by atoms with Crippen LogP contribution in [0.15, 0.2) is 30.3 Å². The standard InChI is InChI=1S/C39H39F4N5O3/c1-3-26-29(40)7-4-22-14-25(49)15-27(31(22)26)32-30(50-2)16-28-34(33(32)41)45-36(46-35(28)48-17-23-5-6-24(18-48)44-23)51-21-37(8-9-37)20-47-12-10-38(11-13-47)19-39(38,42)43/h1,4,7,14-16,23-24,44,49H,5-6,8-13,17-21H2,2H3. The fourth-order valence-electron chi connectivity index (χ4n) is 8.90. The first kappa shape index (κ1) is 32.6. The maximum atomic E-state index is 17.3. The molecule has 2 aliphatic carbocycles. The lowest BCUT2D eigenvalue weighted by Gasteiger charge is -2.35. The molecular formula is C39H39F4N5O3. The molecule has 9 rings (SSSR count). The van der Waals surface area contributed by atoms with E-state index in [1.807, 2.05) is 0 Å². The lowest BCUT2D eigenvalue weighted by atomic mass is 9.92. The highest BCUT2D eigenvalue weighted by atomic mass is 19.3. The third-order valence-electron chi connectivity index (χ3n) is 12.1. The van der Waals surface area contributed by atoms with Gasteiger partial charge in [-0.3, -0.25) is 0 Å². The normalized spacial score (nSPS) is 24.2. The molecule has 266 valence electrons. The van der Waals surface area contributed by atoms with E-state index in [1.165, 1.54) is 31.4 Å². The number of halogens is 4. The van der Waals surface area contributed by atoms with Gasteiger partial charge in [-0.2, -0.15) is 9.97 Å². The highest BCUT2D eigenvalue weighted by Crippen LogP contribution is 2.66. The van der Waals surface area contributed by atoms with Gasteiger partial charge in [0, 0.05) is 65.3 Å². The molecule has 2 saturated carbocycles. The number of hydrogen-bond acceptors (Lipinski definition) is 8. The lowest BCUT2D eigenvalue weighted by Crippen LogP contribution is -2.51. The maximum absolute atomic E-state index is 17.3. The van der Waals surface area contributed by atoms with Crippen molar-refractivity contribution in [1.29, 1.82) is 0 Å². The van der Waals surface area contributed by atoms with Gasteiger partial charge in [0.25, 0.3) is 5.92 Å². The molecule has 8 nitrogen and oxygen atoms in total. The third-order valence-corrected chi connectivity index (χ3v) is 12.1. The number of rotatable bonds is 8. The summed E-state index contributed by atoms with van der Waals surface area (Å²) in [5.74, 6) is -0.978. The Morgan fingerprint density at radius 3 is 2.41 bits per heavy atom. The van der Waals surface area contributed by atoms with Gasteiger partial charge in [0.15, 0.2) is 5.82 Å². The van der Waals surface area contributed by atoms with Crippen molar-refractivity contribution in [3.8, 4) is 41.0 Å². The number of piperidine rings is 1. The Bertz CT molecular complexity index is 2110. The van der Waals surface area contributed by atoms with E-state index in [2.05, 4.69) is 26.0 Å². The van der Waals surface area contributed by atoms with Gasteiger partial charge in [0.2, 0.25) is 0 Å². The number of piperazine rings is 1. The predicted molar refractivity (Wildman–Crippen MR) is 186 cm³/mol. The zero-order chi connectivity index (χ0) is 35.3. The molecule has 1 spiro atoms. The van der Waals surface area contributed by atoms with Crippen LogP contribution in [-0.2, 0) is 0 Å². The van der Waals surface area contributed by atoms with E-state index in [1.54, 1.807) is 6.07 Å². The van der Waals surface area contributed by atoms with Crippen LogP contribution in [0.3, 0.4) is 0 Å². The molecule has 1 aromatic heterocycles. The number of aromatic hydroxyl groups is 1. The van der Waals surface area contributed by atoms with Crippen molar-refractivity contribution < 1.29 is 32.1 Å². The number of alkyl halides is 2. The van der Waals surface area contributed by atoms with Gasteiger partial charge in [0.1, 0.15) is 28.7 Å². The molecular weight excluding hydrogens is 662 g/mol. The van der Waals surface area contributed by atoms with E-state index >= 15 is 8.78 Å². The summed E-state index contributed by atoms with van der Waals surface area (Å²) < 4.78 is 72.4. The minimum atomic E-state index is -2.53. The summed E-state index contributed by atoms with van der Waals surface area (Å²) in [6.07, 6.45) is 10.7. The van der Waals surface area contributed by atoms with Crippen molar-refractivity contribution in [2.75, 3.05) is 51.3 Å². The highest BCUT2D eigenvalue weighted by Gasteiger charge is 2.70. The van der Waals surface area contributed by atoms with Crippen LogP contribution in [-0.4, -0.2) is 84.4 Å². The Morgan fingerprint density at radius 2 is 1.76 bits per heavy atom. The maximum Gasteiger partial charge on any atom is 0.319 e. The van der Waals surface area contributed by atoms with Gasteiger partial charge < -0.3 is 29.7 Å². The number of terminal acetylenes is 1. The van der Waals surface area contributed by atoms with Crippen molar-refractivity contribution >= 4 is 27.5 Å². The first-order valence-corrected chi connectivity index (χ1v) is 17.8. The molecule has 51 heavy (non-hydrogen) atoms. The fraction of sp³-hybridized carbons (Fsp3) is 0.487. The minimum absolute atomic E-state index is 0.00312. The molecule has 4 heterocycles. The Balaban J connectivity index is 1.11. The number of benzene rings is 3. The Kier molecular flexibility index (Phi) is 7.40. The van der Waals surface area contributed by atoms with Crippen molar-refractivity contribution in [3.05, 3.63) is 47.5 Å². The summed E-state index contributed by atoms with van der Waals surface area (Å²) in [5, 5.41) is 15.5. The monoisotopic (exact) mass is 701 g/mol. The van der Waals surface area contributed by atoms with E-state index < -0.39 is 23.0 Å². The summed E-state index contributed by atoms with van der Waals surface area (Å²) in [5.41, 5.74) is -0.862. The Labute approximate surface area is 293 Å². The van der Waals surface area contributed by atoms with E-state index in [0.29, 0.717) is 62.2 Å². The number of anilines is 1. The number of ether oxygens (including phenoxy) is 2. The molecule has 2 N–H and O–H groups in total. The van der Waals surface area contributed by atoms with Crippen LogP contribution in [0.2, 0.25) is 0 Å². The molecule has 4 aromatic rings. The van der Waals surface area contributed by atoms with E-state index in [9.17, 15) is 13.9 Å². The molecule has 2 bridgehead atoms. The number of nitrogens with zero attached hydrogens (tertiary/aromatic N) is 4. The van der Waals surface area contributed by atoms with Crippen LogP contribution in [0.5, 0.6) is 17.5 Å². The molecule has 12 heteroatoms. The average Bonchev–Trinajstić information content (AvgIpc) is 3.96. The number of fused-ring (bicyclic) bond motifs is 4. The van der Waals surface area contributed by atoms with Gasteiger partial charge in [-0.25, -0.2) is 17.6 Å². The predicted octanol–water partition coefficient (Wildman–Crippen LogP) is 6.64. The minimum Gasteiger partial charge on any atom is -0.508 e. The summed E-state index contributed by atoms with van der Waals surface area (Å²) >= 11 is 0. The Morgan fingerprint density at radius 1 is 1.04 bits per heavy atom. The van der Waals surface area contributed by atoms with Crippen LogP contribution in [0.4, 0.5) is 23.4 Å². The van der Waals surface area contributed by atoms with Crippen LogP contribution >= 0.6 is 0 Å². The van der Waals surface area contributed by atoms with Crippen LogP contribution in [0.1, 0.15) is 50.5 Å². The second-order valence-corrected chi connectivity index (χ2v) is 15.4. The molecule has 2 atom stereocenters. The number of hydrogen-bond donors (Lipinski definition) is 2. The lowest BCUT2D eigenvalue weighted by molar-refractivity contribution is 0.0252. The van der Waals surface area contributed by atoms with Gasteiger partial charge >= 0.3 is 6.01 Å². The SMILES string of the molecule is C#Cc1c(F)ccc2cc(O)cc(-c3c(OC)cc4c(N5CC6CCC(C5)N6)nc(OCC5(CN6CCC7(CC6)CC7(F)F)CC5)nc4c3F)c12. The second-order valence-electron chi connectivity index (χ2n) is 15.4. The molecule has 3 saturated heterocycles. The van der Waals surface area contributed by atoms with Crippen LogP contribution in [0.25, 0.3) is 32.8 Å². The van der Waals surface area contributed by atoms with Gasteiger partial charge in [-0.15, -0.1) is 6.42 Å². The van der Waals surface area contributed by atoms with Gasteiger partial charge in [0.05, 0.1) is 24.8 Å². The highest BCUT2D eigenvalue weighted by molar-refractivity contribution is 6.05. The molecule has 3 aliphatic heterocycles. The first-order chi connectivity index (χ1) is 24.5. The quantitative estimate of drug-likeness (QED) is 0.156. The fourth-order valence-corrected chi connectivity index (χ4v) is 8.90. The topological polar surface area (TPSA) is 83.0 Å². The van der Waals surface area contributed by atoms with E-state index in [4.69, 9.17) is 20.9 Å².